The zero-order valence-electron chi connectivity index (χ0n) is 32.4. The van der Waals surface area contributed by atoms with E-state index in [0.29, 0.717) is 0 Å². The molecule has 2 aliphatic rings. The molecule has 2 aliphatic carbocycles. The molecule has 0 radical (unpaired) electrons. The van der Waals surface area contributed by atoms with Crippen LogP contribution >= 0.6 is 0 Å². The van der Waals surface area contributed by atoms with Gasteiger partial charge in [0.15, 0.2) is 0 Å². The molecule has 0 N–H and O–H groups in total. The first-order chi connectivity index (χ1) is 27.7. The summed E-state index contributed by atoms with van der Waals surface area (Å²) in [7, 11) is 0. The summed E-state index contributed by atoms with van der Waals surface area (Å²) in [5.41, 5.74) is 19.6. The fraction of sp³-hybridized carbons (Fsp3) is 0.111. The average molecular weight is 734 g/mol. The summed E-state index contributed by atoms with van der Waals surface area (Å²) in [6.45, 7) is 9.41. The molecule has 0 saturated carbocycles. The van der Waals surface area contributed by atoms with Crippen molar-refractivity contribution in [1.82, 2.24) is 0 Å². The number of benzene rings is 8. The number of rotatable bonds is 4. The fourth-order valence-corrected chi connectivity index (χ4v) is 10.1. The van der Waals surface area contributed by atoms with Crippen LogP contribution in [0.5, 0.6) is 0 Å². The molecule has 3 nitrogen and oxygen atoms in total. The molecule has 0 amide bonds. The van der Waals surface area contributed by atoms with Crippen molar-refractivity contribution in [2.24, 2.45) is 0 Å². The second-order valence-corrected chi connectivity index (χ2v) is 16.9. The molecule has 2 heterocycles. The van der Waals surface area contributed by atoms with E-state index in [2.05, 4.69) is 196 Å². The summed E-state index contributed by atoms with van der Waals surface area (Å²) >= 11 is 0. The number of furan rings is 2. The van der Waals surface area contributed by atoms with Crippen molar-refractivity contribution in [2.45, 2.75) is 38.5 Å². The van der Waals surface area contributed by atoms with Crippen LogP contribution in [-0.4, -0.2) is 0 Å². The number of fused-ring (bicyclic) bond motifs is 12. The molecule has 272 valence electrons. The first kappa shape index (κ1) is 32.4. The highest BCUT2D eigenvalue weighted by Gasteiger charge is 2.37. The minimum atomic E-state index is -0.125. The van der Waals surface area contributed by atoms with Crippen molar-refractivity contribution in [1.29, 1.82) is 0 Å². The number of hydrogen-bond donors (Lipinski definition) is 0. The van der Waals surface area contributed by atoms with E-state index < -0.39 is 0 Å². The predicted molar refractivity (Wildman–Crippen MR) is 236 cm³/mol. The minimum Gasteiger partial charge on any atom is -0.456 e. The van der Waals surface area contributed by atoms with Gasteiger partial charge in [-0.1, -0.05) is 125 Å². The highest BCUT2D eigenvalue weighted by atomic mass is 16.3. The van der Waals surface area contributed by atoms with Gasteiger partial charge in [-0.2, -0.15) is 0 Å². The average Bonchev–Trinajstić information content (AvgIpc) is 3.92. The lowest BCUT2D eigenvalue weighted by atomic mass is 9.82. The summed E-state index contributed by atoms with van der Waals surface area (Å²) in [5.74, 6) is 0. The Morgan fingerprint density at radius 3 is 1.35 bits per heavy atom. The maximum absolute atomic E-state index is 6.63. The molecule has 57 heavy (non-hydrogen) atoms. The maximum atomic E-state index is 6.63. The van der Waals surface area contributed by atoms with Crippen molar-refractivity contribution in [3.8, 4) is 33.4 Å². The molecule has 0 fully saturated rings. The Morgan fingerprint density at radius 1 is 0.333 bits per heavy atom. The standard InChI is InChI=1S/C54H39NO2/c1-53(2)45-16-10-8-14-37(45)39-22-19-35(28-47(39)53)55(36-20-23-40-38-15-9-11-17-46(38)54(3,4)48(40)29-36)34-21-25-50-42(27-34)44-31-51-43(30-52(44)57-50)41-26-33(18-24-49(41)56-51)32-12-6-5-7-13-32/h5-31H,1-4H3. The molecule has 0 spiro atoms. The van der Waals surface area contributed by atoms with Crippen molar-refractivity contribution in [2.75, 3.05) is 4.90 Å². The van der Waals surface area contributed by atoms with Crippen LogP contribution in [-0.2, 0) is 10.8 Å². The van der Waals surface area contributed by atoms with Gasteiger partial charge in [0.05, 0.1) is 0 Å². The summed E-state index contributed by atoms with van der Waals surface area (Å²) < 4.78 is 13.1. The van der Waals surface area contributed by atoms with Gasteiger partial charge in [0, 0.05) is 49.4 Å². The van der Waals surface area contributed by atoms with E-state index in [1.54, 1.807) is 0 Å². The molecular formula is C54H39NO2. The smallest absolute Gasteiger partial charge is 0.136 e. The molecule has 8 aromatic carbocycles. The van der Waals surface area contributed by atoms with Crippen molar-refractivity contribution < 1.29 is 8.83 Å². The first-order valence-corrected chi connectivity index (χ1v) is 19.9. The predicted octanol–water partition coefficient (Wildman–Crippen LogP) is 15.2. The molecule has 0 bridgehead atoms. The Bertz CT molecular complexity index is 3200. The Hall–Kier alpha value is -6.84. The van der Waals surface area contributed by atoms with Crippen LogP contribution < -0.4 is 4.90 Å². The van der Waals surface area contributed by atoms with Gasteiger partial charge >= 0.3 is 0 Å². The van der Waals surface area contributed by atoms with Crippen LogP contribution in [0.1, 0.15) is 49.9 Å². The van der Waals surface area contributed by atoms with E-state index in [1.165, 1.54) is 50.1 Å². The van der Waals surface area contributed by atoms with Crippen molar-refractivity contribution >= 4 is 60.9 Å². The second-order valence-electron chi connectivity index (χ2n) is 16.9. The van der Waals surface area contributed by atoms with Crippen LogP contribution in [0.25, 0.3) is 77.3 Å². The van der Waals surface area contributed by atoms with E-state index in [9.17, 15) is 0 Å². The molecular weight excluding hydrogens is 695 g/mol. The lowest BCUT2D eigenvalue weighted by Crippen LogP contribution is -2.18. The number of anilines is 3. The Kier molecular flexibility index (Phi) is 6.46. The van der Waals surface area contributed by atoms with Gasteiger partial charge in [0.2, 0.25) is 0 Å². The minimum absolute atomic E-state index is 0.125. The Labute approximate surface area is 331 Å². The third kappa shape index (κ3) is 4.54. The van der Waals surface area contributed by atoms with E-state index in [4.69, 9.17) is 8.83 Å². The normalized spacial score (nSPS) is 14.6. The van der Waals surface area contributed by atoms with Gasteiger partial charge in [-0.05, 0) is 122 Å². The largest absolute Gasteiger partial charge is 0.456 e. The first-order valence-electron chi connectivity index (χ1n) is 19.9. The highest BCUT2D eigenvalue weighted by Crippen LogP contribution is 2.53. The molecule has 2 aromatic heterocycles. The molecule has 10 aromatic rings. The van der Waals surface area contributed by atoms with Gasteiger partial charge < -0.3 is 13.7 Å². The summed E-state index contributed by atoms with van der Waals surface area (Å²) in [4.78, 5) is 2.43. The van der Waals surface area contributed by atoms with Crippen LogP contribution in [0.15, 0.2) is 173 Å². The Morgan fingerprint density at radius 2 is 0.772 bits per heavy atom. The van der Waals surface area contributed by atoms with Gasteiger partial charge in [-0.3, -0.25) is 0 Å². The third-order valence-corrected chi connectivity index (χ3v) is 13.1. The molecule has 0 unspecified atom stereocenters. The molecule has 0 aliphatic heterocycles. The van der Waals surface area contributed by atoms with Gasteiger partial charge in [0.25, 0.3) is 0 Å². The molecule has 12 rings (SSSR count). The summed E-state index contributed by atoms with van der Waals surface area (Å²) in [6, 6.07) is 59.7. The second kappa shape index (κ2) is 11.4. The Balaban J connectivity index is 1.05. The maximum Gasteiger partial charge on any atom is 0.136 e. The summed E-state index contributed by atoms with van der Waals surface area (Å²) in [6.07, 6.45) is 0. The zero-order chi connectivity index (χ0) is 38.2. The SMILES string of the molecule is CC1(C)c2ccccc2-c2ccc(N(c3ccc4c(c3)C(C)(C)c3ccccc3-4)c3ccc4oc5cc6c(cc5c4c3)oc3ccc(-c4ccccc4)cc36)cc21. The lowest BCUT2D eigenvalue weighted by molar-refractivity contribution is 0.660. The van der Waals surface area contributed by atoms with Gasteiger partial charge in [-0.25, -0.2) is 0 Å². The van der Waals surface area contributed by atoms with Crippen LogP contribution in [0.2, 0.25) is 0 Å². The van der Waals surface area contributed by atoms with Crippen LogP contribution in [0.4, 0.5) is 17.1 Å². The number of hydrogen-bond acceptors (Lipinski definition) is 3. The monoisotopic (exact) mass is 733 g/mol. The van der Waals surface area contributed by atoms with E-state index in [-0.39, 0.29) is 10.8 Å². The quantitative estimate of drug-likeness (QED) is 0.180. The fourth-order valence-electron chi connectivity index (χ4n) is 10.1. The van der Waals surface area contributed by atoms with Crippen molar-refractivity contribution in [3.05, 3.63) is 186 Å². The summed E-state index contributed by atoms with van der Waals surface area (Å²) in [5, 5.41) is 4.24. The molecule has 3 heteroatoms. The van der Waals surface area contributed by atoms with Gasteiger partial charge in [0.1, 0.15) is 22.3 Å². The van der Waals surface area contributed by atoms with Crippen molar-refractivity contribution in [3.63, 3.8) is 0 Å². The lowest BCUT2D eigenvalue weighted by Gasteiger charge is -2.29. The van der Waals surface area contributed by atoms with E-state index in [0.717, 1.165) is 66.5 Å². The highest BCUT2D eigenvalue weighted by molar-refractivity contribution is 6.15. The van der Waals surface area contributed by atoms with Gasteiger partial charge in [-0.15, -0.1) is 0 Å². The van der Waals surface area contributed by atoms with Crippen LogP contribution in [0, 0.1) is 0 Å². The molecule has 0 atom stereocenters. The van der Waals surface area contributed by atoms with E-state index in [1.807, 2.05) is 0 Å². The van der Waals surface area contributed by atoms with E-state index >= 15 is 0 Å². The van der Waals surface area contributed by atoms with Crippen LogP contribution in [0.3, 0.4) is 0 Å². The topological polar surface area (TPSA) is 29.5 Å². The molecule has 0 saturated heterocycles. The third-order valence-electron chi connectivity index (χ3n) is 13.1. The zero-order valence-corrected chi connectivity index (χ0v) is 32.4. The number of nitrogens with zero attached hydrogens (tertiary/aromatic N) is 1.